The van der Waals surface area contributed by atoms with Crippen LogP contribution >= 0.6 is 0 Å². The molecule has 0 aromatic rings. The van der Waals surface area contributed by atoms with Crippen LogP contribution in [-0.2, 0) is 4.74 Å². The molecule has 0 spiro atoms. The molecule has 5 atom stereocenters. The second kappa shape index (κ2) is 4.66. The SMILES string of the molecule is CC1CCC(C(N)C2(C)CCCO2)CC1C. The van der Waals surface area contributed by atoms with Crippen molar-refractivity contribution < 1.29 is 4.74 Å². The fraction of sp³-hybridized carbons (Fsp3) is 1.00. The minimum Gasteiger partial charge on any atom is -0.374 e. The van der Waals surface area contributed by atoms with Crippen molar-refractivity contribution in [2.24, 2.45) is 23.5 Å². The number of hydrogen-bond donors (Lipinski definition) is 1. The summed E-state index contributed by atoms with van der Waals surface area (Å²) in [5, 5.41) is 0. The van der Waals surface area contributed by atoms with E-state index in [-0.39, 0.29) is 11.6 Å². The highest BCUT2D eigenvalue weighted by Crippen LogP contribution is 2.40. The maximum atomic E-state index is 6.47. The molecular formula is C14H27NO. The molecule has 1 saturated carbocycles. The first-order valence-electron chi connectivity index (χ1n) is 6.92. The topological polar surface area (TPSA) is 35.2 Å². The Labute approximate surface area is 99.9 Å². The van der Waals surface area contributed by atoms with Crippen LogP contribution in [0.25, 0.3) is 0 Å². The van der Waals surface area contributed by atoms with E-state index < -0.39 is 0 Å². The Bertz CT molecular complexity index is 235. The van der Waals surface area contributed by atoms with Crippen molar-refractivity contribution in [3.8, 4) is 0 Å². The molecule has 0 amide bonds. The minimum atomic E-state index is -0.0367. The lowest BCUT2D eigenvalue weighted by atomic mass is 9.70. The maximum absolute atomic E-state index is 6.47. The highest BCUT2D eigenvalue weighted by molar-refractivity contribution is 4.96. The van der Waals surface area contributed by atoms with Crippen molar-refractivity contribution in [2.75, 3.05) is 6.61 Å². The number of nitrogens with two attached hydrogens (primary N) is 1. The molecule has 1 aliphatic carbocycles. The predicted molar refractivity (Wildman–Crippen MR) is 67.2 cm³/mol. The molecule has 0 aromatic carbocycles. The summed E-state index contributed by atoms with van der Waals surface area (Å²) >= 11 is 0. The molecule has 5 unspecified atom stereocenters. The third kappa shape index (κ3) is 2.28. The Hall–Kier alpha value is -0.0800. The summed E-state index contributed by atoms with van der Waals surface area (Å²) in [6.45, 7) is 7.87. The highest BCUT2D eigenvalue weighted by Gasteiger charge is 2.41. The van der Waals surface area contributed by atoms with Gasteiger partial charge < -0.3 is 10.5 Å². The van der Waals surface area contributed by atoms with Gasteiger partial charge in [-0.3, -0.25) is 0 Å². The summed E-state index contributed by atoms with van der Waals surface area (Å²) in [6, 6.07) is 0.241. The average Bonchev–Trinajstić information content (AvgIpc) is 2.70. The molecule has 1 saturated heterocycles. The molecule has 0 radical (unpaired) electrons. The van der Waals surface area contributed by atoms with E-state index in [0.29, 0.717) is 5.92 Å². The first-order valence-corrected chi connectivity index (χ1v) is 6.92. The van der Waals surface area contributed by atoms with Crippen LogP contribution in [-0.4, -0.2) is 18.2 Å². The van der Waals surface area contributed by atoms with E-state index in [2.05, 4.69) is 20.8 Å². The summed E-state index contributed by atoms with van der Waals surface area (Å²) in [4.78, 5) is 0. The second-order valence-electron chi connectivity index (χ2n) is 6.32. The predicted octanol–water partition coefficient (Wildman–Crippen LogP) is 2.96. The van der Waals surface area contributed by atoms with Gasteiger partial charge in [-0.15, -0.1) is 0 Å². The summed E-state index contributed by atoms with van der Waals surface area (Å²) < 4.78 is 5.89. The average molecular weight is 225 g/mol. The first kappa shape index (κ1) is 12.4. The van der Waals surface area contributed by atoms with Crippen LogP contribution in [0.4, 0.5) is 0 Å². The van der Waals surface area contributed by atoms with Crippen LogP contribution in [0.15, 0.2) is 0 Å². The molecule has 2 rings (SSSR count). The van der Waals surface area contributed by atoms with Crippen molar-refractivity contribution >= 4 is 0 Å². The number of hydrogen-bond acceptors (Lipinski definition) is 2. The Morgan fingerprint density at radius 2 is 2.00 bits per heavy atom. The summed E-state index contributed by atoms with van der Waals surface area (Å²) in [7, 11) is 0. The lowest BCUT2D eigenvalue weighted by Gasteiger charge is -2.41. The lowest BCUT2D eigenvalue weighted by molar-refractivity contribution is -0.0269. The van der Waals surface area contributed by atoms with E-state index in [1.807, 2.05) is 0 Å². The van der Waals surface area contributed by atoms with Gasteiger partial charge in [-0.1, -0.05) is 20.3 Å². The van der Waals surface area contributed by atoms with Gasteiger partial charge in [0, 0.05) is 12.6 Å². The quantitative estimate of drug-likeness (QED) is 0.784. The molecule has 16 heavy (non-hydrogen) atoms. The van der Waals surface area contributed by atoms with Gasteiger partial charge in [-0.2, -0.15) is 0 Å². The van der Waals surface area contributed by atoms with E-state index >= 15 is 0 Å². The maximum Gasteiger partial charge on any atom is 0.0808 e. The Morgan fingerprint density at radius 1 is 1.25 bits per heavy atom. The summed E-state index contributed by atoms with van der Waals surface area (Å²) in [6.07, 6.45) is 6.26. The summed E-state index contributed by atoms with van der Waals surface area (Å²) in [5.74, 6) is 2.38. The fourth-order valence-corrected chi connectivity index (χ4v) is 3.48. The van der Waals surface area contributed by atoms with Gasteiger partial charge in [0.25, 0.3) is 0 Å². The van der Waals surface area contributed by atoms with E-state index in [1.165, 1.54) is 25.7 Å². The summed E-state index contributed by atoms with van der Waals surface area (Å²) in [5.41, 5.74) is 6.43. The van der Waals surface area contributed by atoms with Gasteiger partial charge in [0.2, 0.25) is 0 Å². The molecular weight excluding hydrogens is 198 g/mol. The van der Waals surface area contributed by atoms with Gasteiger partial charge in [-0.25, -0.2) is 0 Å². The third-order valence-electron chi connectivity index (χ3n) is 5.10. The van der Waals surface area contributed by atoms with E-state index in [1.54, 1.807) is 0 Å². The van der Waals surface area contributed by atoms with Crippen molar-refractivity contribution in [1.29, 1.82) is 0 Å². The van der Waals surface area contributed by atoms with Crippen molar-refractivity contribution in [3.05, 3.63) is 0 Å². The zero-order chi connectivity index (χ0) is 11.8. The van der Waals surface area contributed by atoms with Crippen LogP contribution in [0.1, 0.15) is 52.9 Å². The van der Waals surface area contributed by atoms with Crippen LogP contribution in [0, 0.1) is 17.8 Å². The van der Waals surface area contributed by atoms with E-state index in [4.69, 9.17) is 10.5 Å². The third-order valence-corrected chi connectivity index (χ3v) is 5.10. The molecule has 0 aromatic heterocycles. The van der Waals surface area contributed by atoms with E-state index in [0.717, 1.165) is 24.9 Å². The molecule has 2 heteroatoms. The standard InChI is InChI=1S/C14H27NO/c1-10-5-6-12(9-11(10)2)13(15)14(3)7-4-8-16-14/h10-13H,4-9,15H2,1-3H3. The zero-order valence-electron chi connectivity index (χ0n) is 11.0. The Morgan fingerprint density at radius 3 is 2.56 bits per heavy atom. The largest absolute Gasteiger partial charge is 0.374 e. The Kier molecular flexibility index (Phi) is 3.60. The lowest BCUT2D eigenvalue weighted by Crippen LogP contribution is -2.51. The van der Waals surface area contributed by atoms with Crippen LogP contribution in [0.2, 0.25) is 0 Å². The Balaban J connectivity index is 1.97. The van der Waals surface area contributed by atoms with Crippen molar-refractivity contribution in [3.63, 3.8) is 0 Å². The highest BCUT2D eigenvalue weighted by atomic mass is 16.5. The van der Waals surface area contributed by atoms with Crippen molar-refractivity contribution in [2.45, 2.75) is 64.5 Å². The molecule has 1 heterocycles. The van der Waals surface area contributed by atoms with Gasteiger partial charge in [0.1, 0.15) is 0 Å². The fourth-order valence-electron chi connectivity index (χ4n) is 3.48. The van der Waals surface area contributed by atoms with Crippen LogP contribution in [0.3, 0.4) is 0 Å². The number of ether oxygens (including phenoxy) is 1. The molecule has 2 fully saturated rings. The molecule has 94 valence electrons. The van der Waals surface area contributed by atoms with Crippen molar-refractivity contribution in [1.82, 2.24) is 0 Å². The van der Waals surface area contributed by atoms with Gasteiger partial charge in [-0.05, 0) is 50.4 Å². The smallest absolute Gasteiger partial charge is 0.0808 e. The van der Waals surface area contributed by atoms with Gasteiger partial charge >= 0.3 is 0 Å². The normalized spacial score (nSPS) is 46.9. The zero-order valence-corrected chi connectivity index (χ0v) is 11.0. The molecule has 0 bridgehead atoms. The first-order chi connectivity index (χ1) is 7.53. The second-order valence-corrected chi connectivity index (χ2v) is 6.32. The number of rotatable bonds is 2. The van der Waals surface area contributed by atoms with Gasteiger partial charge in [0.15, 0.2) is 0 Å². The minimum absolute atomic E-state index is 0.0367. The molecule has 1 aliphatic heterocycles. The molecule has 2 N–H and O–H groups in total. The van der Waals surface area contributed by atoms with Crippen LogP contribution < -0.4 is 5.73 Å². The molecule has 2 nitrogen and oxygen atoms in total. The van der Waals surface area contributed by atoms with Gasteiger partial charge in [0.05, 0.1) is 5.60 Å². The van der Waals surface area contributed by atoms with Crippen LogP contribution in [0.5, 0.6) is 0 Å². The monoisotopic (exact) mass is 225 g/mol. The molecule has 2 aliphatic rings. The van der Waals surface area contributed by atoms with E-state index in [9.17, 15) is 0 Å².